The van der Waals surface area contributed by atoms with E-state index < -0.39 is 35.7 Å². The van der Waals surface area contributed by atoms with Crippen LogP contribution in [0.3, 0.4) is 0 Å². The van der Waals surface area contributed by atoms with Gasteiger partial charge in [0.05, 0.1) is 18.4 Å². The summed E-state index contributed by atoms with van der Waals surface area (Å²) >= 11 is -0.750. The van der Waals surface area contributed by atoms with Crippen molar-refractivity contribution < 1.29 is 36.2 Å². The first kappa shape index (κ1) is 31.0. The summed E-state index contributed by atoms with van der Waals surface area (Å²) in [4.78, 5) is 13.0. The first-order valence-electron chi connectivity index (χ1n) is 12.1. The number of carbonyl (C=O) groups is 1. The Balaban J connectivity index is 0.00000161. The smallest absolute Gasteiger partial charge is 0.389 e. The van der Waals surface area contributed by atoms with Crippen molar-refractivity contribution in [3.8, 4) is 23.1 Å². The summed E-state index contributed by atoms with van der Waals surface area (Å²) < 4.78 is 61.4. The molecule has 1 aromatic carbocycles. The third-order valence-electron chi connectivity index (χ3n) is 6.58. The highest BCUT2D eigenvalue weighted by Gasteiger charge is 2.33. The van der Waals surface area contributed by atoms with Crippen molar-refractivity contribution in [2.45, 2.75) is 70.7 Å². The largest absolute Gasteiger partial charge is 0.496 e. The molecule has 1 aliphatic carbocycles. The molecule has 9 nitrogen and oxygen atoms in total. The first-order valence-corrected chi connectivity index (χ1v) is 12.8. The van der Waals surface area contributed by atoms with Gasteiger partial charge in [-0.3, -0.25) is 9.48 Å². The monoisotopic (exact) mass is 556 g/mol. The van der Waals surface area contributed by atoms with E-state index in [2.05, 4.69) is 23.4 Å². The molecule has 0 saturated heterocycles. The van der Waals surface area contributed by atoms with Crippen LogP contribution in [-0.4, -0.2) is 54.6 Å². The summed E-state index contributed by atoms with van der Waals surface area (Å²) in [7, 11) is 1.39. The summed E-state index contributed by atoms with van der Waals surface area (Å²) in [6.07, 6.45) is -2.49. The molecule has 38 heavy (non-hydrogen) atoms. The number of ether oxygens (including phenoxy) is 1. The topological polar surface area (TPSA) is 134 Å². The van der Waals surface area contributed by atoms with Gasteiger partial charge in [-0.05, 0) is 62.6 Å². The number of carbonyl (C=O) groups excluding carboxylic acids is 1. The fourth-order valence-electron chi connectivity index (χ4n) is 4.41. The van der Waals surface area contributed by atoms with Gasteiger partial charge >= 0.3 is 17.7 Å². The van der Waals surface area contributed by atoms with Crippen molar-refractivity contribution in [3.05, 3.63) is 35.0 Å². The number of aliphatic hydroxyl groups is 1. The number of rotatable bonds is 8. The van der Waals surface area contributed by atoms with Gasteiger partial charge in [-0.1, -0.05) is 13.0 Å². The van der Waals surface area contributed by atoms with Crippen molar-refractivity contribution in [3.63, 3.8) is 0 Å². The van der Waals surface area contributed by atoms with Crippen LogP contribution >= 0.6 is 0 Å². The van der Waals surface area contributed by atoms with Gasteiger partial charge in [0, 0.05) is 25.1 Å². The molecule has 0 bridgehead atoms. The Morgan fingerprint density at radius 2 is 1.97 bits per heavy atom. The minimum atomic E-state index is -4.27. The molecule has 1 aromatic heterocycles. The lowest BCUT2D eigenvalue weighted by Crippen LogP contribution is -2.45. The number of benzene rings is 1. The van der Waals surface area contributed by atoms with E-state index in [1.54, 1.807) is 19.1 Å². The van der Waals surface area contributed by atoms with Crippen molar-refractivity contribution >= 4 is 17.5 Å². The molecular weight excluding hydrogens is 525 g/mol. The quantitative estimate of drug-likeness (QED) is 0.503. The lowest BCUT2D eigenvalue weighted by Gasteiger charge is -2.34. The Labute approximate surface area is 222 Å². The number of methoxy groups -OCH3 is 1. The number of nitriles is 1. The molecule has 0 spiro atoms. The third-order valence-corrected chi connectivity index (χ3v) is 6.58. The Hall–Kier alpha value is -3.24. The average molecular weight is 557 g/mol. The zero-order chi connectivity index (χ0) is 28.5. The highest BCUT2D eigenvalue weighted by Crippen LogP contribution is 2.36. The maximum atomic E-state index is 13.0. The summed E-state index contributed by atoms with van der Waals surface area (Å²) in [6, 6.07) is 6.70. The van der Waals surface area contributed by atoms with Gasteiger partial charge in [-0.15, -0.1) is 0 Å². The second-order valence-electron chi connectivity index (χ2n) is 9.31. The van der Waals surface area contributed by atoms with Crippen LogP contribution in [0.5, 0.6) is 5.75 Å². The first-order chi connectivity index (χ1) is 17.9. The number of halogens is 3. The number of amides is 1. The zero-order valence-corrected chi connectivity index (χ0v) is 22.2. The number of alkyl halides is 3. The Kier molecular flexibility index (Phi) is 11.0. The summed E-state index contributed by atoms with van der Waals surface area (Å²) in [5.41, 5.74) is 0.227. The molecule has 2 aromatic rings. The number of aryl methyl sites for hydroxylation is 2. The maximum absolute atomic E-state index is 13.0. The van der Waals surface area contributed by atoms with Crippen molar-refractivity contribution in [1.82, 2.24) is 15.1 Å². The van der Waals surface area contributed by atoms with Gasteiger partial charge in [-0.2, -0.15) is 31.9 Å². The minimum Gasteiger partial charge on any atom is -0.496 e. The molecule has 0 radical (unpaired) electrons. The van der Waals surface area contributed by atoms with Crippen LogP contribution in [0.25, 0.3) is 11.3 Å². The van der Waals surface area contributed by atoms with Crippen molar-refractivity contribution in [1.29, 1.82) is 5.26 Å². The van der Waals surface area contributed by atoms with E-state index in [-0.39, 0.29) is 30.0 Å². The Morgan fingerprint density at radius 1 is 1.34 bits per heavy atom. The van der Waals surface area contributed by atoms with E-state index in [0.29, 0.717) is 42.1 Å². The van der Waals surface area contributed by atoms with Gasteiger partial charge in [0.15, 0.2) is 5.69 Å². The predicted octanol–water partition coefficient (Wildman–Crippen LogP) is 3.95. The molecule has 2 N–H and O–H groups in total. The fourth-order valence-corrected chi connectivity index (χ4v) is 4.41. The number of nitrogens with zero attached hydrogens (tertiary/aromatic N) is 3. The lowest BCUT2D eigenvalue weighted by molar-refractivity contribution is -0.134. The highest BCUT2D eigenvalue weighted by molar-refractivity contribution is 7.51. The third kappa shape index (κ3) is 8.13. The normalized spacial score (nSPS) is 19.1. The number of nitrogens with one attached hydrogen (secondary N) is 1. The van der Waals surface area contributed by atoms with Crippen LogP contribution < -0.4 is 10.1 Å². The van der Waals surface area contributed by atoms with E-state index in [1.807, 2.05) is 0 Å². The van der Waals surface area contributed by atoms with E-state index in [9.17, 15) is 28.3 Å². The molecule has 0 atom stereocenters. The van der Waals surface area contributed by atoms with Crippen molar-refractivity contribution in [2.24, 2.45) is 5.92 Å². The second kappa shape index (κ2) is 13.5. The SMILES string of the molecule is CCn1nc(C(=O)NCC2(O)CCC(C)CC2)c(C#N)c1-c1ccc(CCC(F)(F)F)cc1OC.O=S=O. The highest BCUT2D eigenvalue weighted by atomic mass is 32.1. The molecule has 208 valence electrons. The molecular formula is C25H31F3N4O5S. The van der Waals surface area contributed by atoms with Gasteiger partial charge in [0.25, 0.3) is 5.91 Å². The molecule has 3 rings (SSSR count). The van der Waals surface area contributed by atoms with Crippen LogP contribution in [0.2, 0.25) is 0 Å². The molecule has 0 aliphatic heterocycles. The van der Waals surface area contributed by atoms with Gasteiger partial charge in [0.2, 0.25) is 0 Å². The average Bonchev–Trinajstić information content (AvgIpc) is 3.26. The summed E-state index contributed by atoms with van der Waals surface area (Å²) in [5, 5.41) is 27.8. The molecule has 1 fully saturated rings. The number of hydrogen-bond acceptors (Lipinski definition) is 7. The predicted molar refractivity (Wildman–Crippen MR) is 133 cm³/mol. The van der Waals surface area contributed by atoms with Crippen LogP contribution in [0.1, 0.15) is 67.6 Å². The lowest BCUT2D eigenvalue weighted by atomic mass is 9.79. The number of hydrogen-bond donors (Lipinski definition) is 2. The standard InChI is InChI=1S/C25H31F3N4O3.O2S/c1-4-32-22(18-6-5-17(13-20(18)35-3)9-12-25(26,27)28)19(14-29)21(31-32)23(33)30-15-24(34)10-7-16(2)8-11-24;1-3-2/h5-6,13,16,34H,4,7-12,15H2,1-3H3,(H,30,33);. The minimum absolute atomic E-state index is 0.0370. The molecule has 1 amide bonds. The Morgan fingerprint density at radius 3 is 2.50 bits per heavy atom. The van der Waals surface area contributed by atoms with Crippen LogP contribution in [0.15, 0.2) is 18.2 Å². The number of aromatic nitrogens is 2. The van der Waals surface area contributed by atoms with Gasteiger partial charge in [0.1, 0.15) is 17.4 Å². The summed E-state index contributed by atoms with van der Waals surface area (Å²) in [6.45, 7) is 4.34. The van der Waals surface area contributed by atoms with Crippen LogP contribution in [0, 0.1) is 17.2 Å². The van der Waals surface area contributed by atoms with E-state index in [0.717, 1.165) is 12.8 Å². The van der Waals surface area contributed by atoms with Crippen LogP contribution in [-0.2, 0) is 24.5 Å². The molecule has 0 unspecified atom stereocenters. The van der Waals surface area contributed by atoms with E-state index >= 15 is 0 Å². The van der Waals surface area contributed by atoms with Gasteiger partial charge in [-0.25, -0.2) is 0 Å². The Bertz CT molecular complexity index is 1190. The fraction of sp³-hybridized carbons (Fsp3) is 0.560. The van der Waals surface area contributed by atoms with Crippen LogP contribution in [0.4, 0.5) is 13.2 Å². The molecule has 13 heteroatoms. The van der Waals surface area contributed by atoms with E-state index in [4.69, 9.17) is 13.2 Å². The molecule has 1 saturated carbocycles. The van der Waals surface area contributed by atoms with Crippen molar-refractivity contribution in [2.75, 3.05) is 13.7 Å². The van der Waals surface area contributed by atoms with Gasteiger partial charge < -0.3 is 15.2 Å². The zero-order valence-electron chi connectivity index (χ0n) is 21.4. The summed E-state index contributed by atoms with van der Waals surface area (Å²) in [5.74, 6) is 0.255. The molecule has 1 aliphatic rings. The molecule has 1 heterocycles. The van der Waals surface area contributed by atoms with E-state index in [1.165, 1.54) is 17.9 Å². The second-order valence-corrected chi connectivity index (χ2v) is 9.44. The maximum Gasteiger partial charge on any atom is 0.389 e.